The maximum absolute atomic E-state index is 10.1. The lowest BCUT2D eigenvalue weighted by Crippen LogP contribution is -2.14. The maximum atomic E-state index is 10.1. The normalized spacial score (nSPS) is 15.6. The van der Waals surface area contributed by atoms with Crippen LogP contribution in [0.4, 0.5) is 0 Å². The number of benzene rings is 1. The summed E-state index contributed by atoms with van der Waals surface area (Å²) in [4.78, 5) is 0. The van der Waals surface area contributed by atoms with E-state index in [0.717, 1.165) is 5.56 Å². The van der Waals surface area contributed by atoms with Crippen molar-refractivity contribution in [3.63, 3.8) is 0 Å². The van der Waals surface area contributed by atoms with Crippen molar-refractivity contribution in [2.75, 3.05) is 0 Å². The van der Waals surface area contributed by atoms with E-state index in [9.17, 15) is 5.11 Å². The highest BCUT2D eigenvalue weighted by Gasteiger charge is 2.18. The van der Waals surface area contributed by atoms with E-state index in [-0.39, 0.29) is 6.10 Å². The molecule has 0 aromatic heterocycles. The molecule has 0 heterocycles. The van der Waals surface area contributed by atoms with Crippen molar-refractivity contribution in [3.05, 3.63) is 35.4 Å². The molecule has 1 N–H and O–H groups in total. The standard InChI is InChI=1S/C13H20O/c1-9(2)11(4)13(14)12-7-5-10(3)6-8-12/h5-9,11,13-14H,1-4H3. The smallest absolute Gasteiger partial charge is 0.0818 e. The molecule has 2 atom stereocenters. The van der Waals surface area contributed by atoms with Crippen LogP contribution in [0.25, 0.3) is 0 Å². The Labute approximate surface area is 86.8 Å². The molecule has 0 spiro atoms. The van der Waals surface area contributed by atoms with Crippen molar-refractivity contribution in [3.8, 4) is 0 Å². The van der Waals surface area contributed by atoms with Crippen LogP contribution in [-0.2, 0) is 0 Å². The fourth-order valence-electron chi connectivity index (χ4n) is 1.43. The summed E-state index contributed by atoms with van der Waals surface area (Å²) in [6.45, 7) is 8.43. The number of rotatable bonds is 3. The topological polar surface area (TPSA) is 20.2 Å². The molecule has 0 radical (unpaired) electrons. The van der Waals surface area contributed by atoms with E-state index in [4.69, 9.17) is 0 Å². The minimum absolute atomic E-state index is 0.303. The molecule has 78 valence electrons. The van der Waals surface area contributed by atoms with E-state index in [1.54, 1.807) is 0 Å². The van der Waals surface area contributed by atoms with Gasteiger partial charge in [0, 0.05) is 0 Å². The third-order valence-corrected chi connectivity index (χ3v) is 2.97. The Balaban J connectivity index is 2.78. The molecule has 0 bridgehead atoms. The lowest BCUT2D eigenvalue weighted by Gasteiger charge is -2.22. The zero-order valence-electron chi connectivity index (χ0n) is 9.49. The zero-order valence-corrected chi connectivity index (χ0v) is 9.49. The predicted octanol–water partition coefficient (Wildman–Crippen LogP) is 3.32. The Morgan fingerprint density at radius 2 is 1.50 bits per heavy atom. The van der Waals surface area contributed by atoms with Gasteiger partial charge in [0.1, 0.15) is 0 Å². The number of aryl methyl sites for hydroxylation is 1. The van der Waals surface area contributed by atoms with Crippen LogP contribution in [0, 0.1) is 18.8 Å². The van der Waals surface area contributed by atoms with E-state index >= 15 is 0 Å². The monoisotopic (exact) mass is 192 g/mol. The van der Waals surface area contributed by atoms with Gasteiger partial charge in [-0.3, -0.25) is 0 Å². The van der Waals surface area contributed by atoms with Crippen molar-refractivity contribution in [1.29, 1.82) is 0 Å². The first-order valence-electron chi connectivity index (χ1n) is 5.27. The average molecular weight is 192 g/mol. The van der Waals surface area contributed by atoms with Gasteiger partial charge in [0.2, 0.25) is 0 Å². The second-order valence-electron chi connectivity index (χ2n) is 4.46. The third kappa shape index (κ3) is 2.58. The molecule has 0 amide bonds. The van der Waals surface area contributed by atoms with Crippen molar-refractivity contribution in [1.82, 2.24) is 0 Å². The number of aliphatic hydroxyl groups is 1. The Kier molecular flexibility index (Phi) is 3.70. The molecule has 0 aliphatic heterocycles. The molecule has 0 fully saturated rings. The summed E-state index contributed by atoms with van der Waals surface area (Å²) < 4.78 is 0. The SMILES string of the molecule is Cc1ccc(C(O)C(C)C(C)C)cc1. The second-order valence-corrected chi connectivity index (χ2v) is 4.46. The van der Waals surface area contributed by atoms with Crippen molar-refractivity contribution < 1.29 is 5.11 Å². The quantitative estimate of drug-likeness (QED) is 0.779. The van der Waals surface area contributed by atoms with E-state index in [0.29, 0.717) is 11.8 Å². The lowest BCUT2D eigenvalue weighted by atomic mass is 9.88. The van der Waals surface area contributed by atoms with Gasteiger partial charge < -0.3 is 5.11 Å². The number of hydrogen-bond donors (Lipinski definition) is 1. The first kappa shape index (κ1) is 11.3. The molecule has 1 aromatic rings. The van der Waals surface area contributed by atoms with Crippen LogP contribution >= 0.6 is 0 Å². The third-order valence-electron chi connectivity index (χ3n) is 2.97. The van der Waals surface area contributed by atoms with Gasteiger partial charge in [-0.2, -0.15) is 0 Å². The molecular formula is C13H20O. The first-order valence-corrected chi connectivity index (χ1v) is 5.27. The van der Waals surface area contributed by atoms with Gasteiger partial charge in [0.25, 0.3) is 0 Å². The van der Waals surface area contributed by atoms with Crippen LogP contribution < -0.4 is 0 Å². The van der Waals surface area contributed by atoms with Crippen molar-refractivity contribution in [2.45, 2.75) is 33.8 Å². The Bertz CT molecular complexity index is 274. The molecule has 1 heteroatoms. The fraction of sp³-hybridized carbons (Fsp3) is 0.538. The van der Waals surface area contributed by atoms with E-state index in [1.807, 2.05) is 24.3 Å². The van der Waals surface area contributed by atoms with Crippen LogP contribution in [0.2, 0.25) is 0 Å². The summed E-state index contributed by atoms with van der Waals surface area (Å²) in [7, 11) is 0. The minimum atomic E-state index is -0.337. The Hall–Kier alpha value is -0.820. The molecule has 1 nitrogen and oxygen atoms in total. The molecule has 1 aromatic carbocycles. The van der Waals surface area contributed by atoms with Gasteiger partial charge in [0.15, 0.2) is 0 Å². The zero-order chi connectivity index (χ0) is 10.7. The summed E-state index contributed by atoms with van der Waals surface area (Å²) in [6.07, 6.45) is -0.337. The van der Waals surface area contributed by atoms with E-state index in [2.05, 4.69) is 27.7 Å². The first-order chi connectivity index (χ1) is 6.52. The van der Waals surface area contributed by atoms with Crippen LogP contribution in [0.15, 0.2) is 24.3 Å². The van der Waals surface area contributed by atoms with Crippen LogP contribution in [0.1, 0.15) is 38.0 Å². The van der Waals surface area contributed by atoms with Gasteiger partial charge in [-0.05, 0) is 24.3 Å². The van der Waals surface area contributed by atoms with Gasteiger partial charge in [-0.25, -0.2) is 0 Å². The van der Waals surface area contributed by atoms with E-state index < -0.39 is 0 Å². The average Bonchev–Trinajstić information content (AvgIpc) is 2.16. The van der Waals surface area contributed by atoms with E-state index in [1.165, 1.54) is 5.56 Å². The van der Waals surface area contributed by atoms with Crippen molar-refractivity contribution in [2.24, 2.45) is 11.8 Å². The van der Waals surface area contributed by atoms with Crippen LogP contribution in [-0.4, -0.2) is 5.11 Å². The highest BCUT2D eigenvalue weighted by atomic mass is 16.3. The van der Waals surface area contributed by atoms with Gasteiger partial charge in [-0.1, -0.05) is 50.6 Å². The molecule has 1 rings (SSSR count). The van der Waals surface area contributed by atoms with Gasteiger partial charge >= 0.3 is 0 Å². The van der Waals surface area contributed by atoms with Crippen LogP contribution in [0.5, 0.6) is 0 Å². The molecule has 0 aliphatic rings. The highest BCUT2D eigenvalue weighted by Crippen LogP contribution is 2.27. The Morgan fingerprint density at radius 3 is 1.93 bits per heavy atom. The summed E-state index contributed by atoms with van der Waals surface area (Å²) in [5.41, 5.74) is 2.26. The number of hydrogen-bond acceptors (Lipinski definition) is 1. The second kappa shape index (κ2) is 4.61. The fourth-order valence-corrected chi connectivity index (χ4v) is 1.43. The summed E-state index contributed by atoms with van der Waals surface area (Å²) in [6, 6.07) is 8.12. The predicted molar refractivity (Wildman–Crippen MR) is 60.1 cm³/mol. The molecular weight excluding hydrogens is 172 g/mol. The van der Waals surface area contributed by atoms with Crippen molar-refractivity contribution >= 4 is 0 Å². The number of aliphatic hydroxyl groups excluding tert-OH is 1. The van der Waals surface area contributed by atoms with Gasteiger partial charge in [0.05, 0.1) is 6.10 Å². The molecule has 0 saturated heterocycles. The summed E-state index contributed by atoms with van der Waals surface area (Å²) in [5.74, 6) is 0.809. The highest BCUT2D eigenvalue weighted by molar-refractivity contribution is 5.23. The largest absolute Gasteiger partial charge is 0.388 e. The van der Waals surface area contributed by atoms with Gasteiger partial charge in [-0.15, -0.1) is 0 Å². The van der Waals surface area contributed by atoms with Crippen LogP contribution in [0.3, 0.4) is 0 Å². The summed E-state index contributed by atoms with van der Waals surface area (Å²) >= 11 is 0. The Morgan fingerprint density at radius 1 is 1.00 bits per heavy atom. The lowest BCUT2D eigenvalue weighted by molar-refractivity contribution is 0.0921. The molecule has 0 aliphatic carbocycles. The summed E-state index contributed by atoms with van der Waals surface area (Å²) in [5, 5.41) is 10.1. The minimum Gasteiger partial charge on any atom is -0.388 e. The molecule has 0 saturated carbocycles. The molecule has 14 heavy (non-hydrogen) atoms. The molecule has 2 unspecified atom stereocenters. The maximum Gasteiger partial charge on any atom is 0.0818 e.